The molecule has 1 aromatic rings. The summed E-state index contributed by atoms with van der Waals surface area (Å²) in [6, 6.07) is 2.54. The fourth-order valence-corrected chi connectivity index (χ4v) is 1.55. The fourth-order valence-electron chi connectivity index (χ4n) is 1.29. The summed E-state index contributed by atoms with van der Waals surface area (Å²) < 4.78 is 68.1. The normalized spacial score (nSPS) is 13.2. The second kappa shape index (κ2) is 6.38. The quantitative estimate of drug-likeness (QED) is 0.448. The van der Waals surface area contributed by atoms with E-state index in [0.717, 1.165) is 18.2 Å². The second-order valence-corrected chi connectivity index (χ2v) is 4.94. The van der Waals surface area contributed by atoms with Crippen LogP contribution in [0.15, 0.2) is 18.2 Å². The van der Waals surface area contributed by atoms with Crippen LogP contribution in [0, 0.1) is 0 Å². The Labute approximate surface area is 118 Å². The molecular weight excluding hydrogens is 355 g/mol. The molecule has 0 saturated heterocycles. The Hall–Kier alpha value is -1.38. The third-order valence-electron chi connectivity index (χ3n) is 2.03. The number of halogens is 6. The van der Waals surface area contributed by atoms with E-state index in [2.05, 4.69) is 25.4 Å². The molecule has 9 heteroatoms. The molecule has 1 unspecified atom stereocenters. The lowest BCUT2D eigenvalue weighted by Crippen LogP contribution is -2.19. The molecule has 0 saturated carbocycles. The van der Waals surface area contributed by atoms with E-state index in [9.17, 15) is 26.7 Å². The van der Waals surface area contributed by atoms with Crippen LogP contribution >= 0.6 is 15.9 Å². The molecule has 0 radical (unpaired) electrons. The zero-order valence-electron chi connectivity index (χ0n) is 9.88. The van der Waals surface area contributed by atoms with Gasteiger partial charge in [0.1, 0.15) is 0 Å². The van der Waals surface area contributed by atoms with Gasteiger partial charge in [0.15, 0.2) is 17.3 Å². The first-order valence-electron chi connectivity index (χ1n) is 5.13. The highest BCUT2D eigenvalue weighted by molar-refractivity contribution is 9.10. The van der Waals surface area contributed by atoms with E-state index in [4.69, 9.17) is 0 Å². The number of carbonyl (C=O) groups is 1. The van der Waals surface area contributed by atoms with Crippen LogP contribution < -0.4 is 9.47 Å². The molecule has 0 aliphatic rings. The molecule has 0 spiro atoms. The minimum Gasteiger partial charge on any atom is -0.431 e. The van der Waals surface area contributed by atoms with Gasteiger partial charge in [0, 0.05) is 5.56 Å². The number of hydrogen-bond acceptors (Lipinski definition) is 3. The summed E-state index contributed by atoms with van der Waals surface area (Å²) in [5.74, 6) is -2.31. The molecule has 0 aliphatic carbocycles. The van der Waals surface area contributed by atoms with E-state index in [1.54, 1.807) is 0 Å². The Kier molecular flexibility index (Phi) is 5.32. The molecule has 0 heterocycles. The number of ketones is 1. The minimum absolute atomic E-state index is 0.0838. The Balaban J connectivity index is 3.16. The molecule has 3 nitrogen and oxygen atoms in total. The van der Waals surface area contributed by atoms with Crippen LogP contribution in [0.3, 0.4) is 0 Å². The molecule has 20 heavy (non-hydrogen) atoms. The maximum absolute atomic E-state index is 12.2. The number of benzene rings is 1. The Morgan fingerprint density at radius 2 is 1.85 bits per heavy atom. The van der Waals surface area contributed by atoms with Crippen LogP contribution in [0.5, 0.6) is 11.5 Å². The van der Waals surface area contributed by atoms with Crippen molar-refractivity contribution in [1.29, 1.82) is 0 Å². The minimum atomic E-state index is -5.06. The van der Waals surface area contributed by atoms with Gasteiger partial charge < -0.3 is 9.47 Å². The van der Waals surface area contributed by atoms with Crippen molar-refractivity contribution in [2.75, 3.05) is 0 Å². The summed E-state index contributed by atoms with van der Waals surface area (Å²) in [6.07, 6.45) is -5.06. The lowest BCUT2D eigenvalue weighted by Gasteiger charge is -2.14. The Morgan fingerprint density at radius 1 is 1.25 bits per heavy atom. The van der Waals surface area contributed by atoms with E-state index in [1.165, 1.54) is 6.92 Å². The number of hydrogen-bond donors (Lipinski definition) is 0. The predicted octanol–water partition coefficient (Wildman–Crippen LogP) is 4.15. The first-order valence-corrected chi connectivity index (χ1v) is 6.04. The molecule has 0 aromatic heterocycles. The summed E-state index contributed by atoms with van der Waals surface area (Å²) in [4.78, 5) is 11.0. The topological polar surface area (TPSA) is 35.5 Å². The van der Waals surface area contributed by atoms with Gasteiger partial charge in [-0.15, -0.1) is 13.2 Å². The summed E-state index contributed by atoms with van der Waals surface area (Å²) in [5, 5.41) is 0. The molecule has 112 valence electrons. The number of alkyl halides is 6. The van der Waals surface area contributed by atoms with E-state index in [1.807, 2.05) is 0 Å². The van der Waals surface area contributed by atoms with Crippen molar-refractivity contribution in [3.63, 3.8) is 0 Å². The molecule has 1 aromatic carbocycles. The van der Waals surface area contributed by atoms with E-state index in [0.29, 0.717) is 0 Å². The number of rotatable bonds is 5. The van der Waals surface area contributed by atoms with Crippen LogP contribution in [0.25, 0.3) is 0 Å². The van der Waals surface area contributed by atoms with Gasteiger partial charge in [-0.2, -0.15) is 8.78 Å². The highest BCUT2D eigenvalue weighted by Gasteiger charge is 2.33. The number of ether oxygens (including phenoxy) is 2. The van der Waals surface area contributed by atoms with Crippen LogP contribution in [-0.2, 0) is 0 Å². The molecule has 0 bridgehead atoms. The van der Waals surface area contributed by atoms with E-state index >= 15 is 0 Å². The van der Waals surface area contributed by atoms with Crippen LogP contribution in [-0.4, -0.2) is 23.6 Å². The molecule has 1 atom stereocenters. The van der Waals surface area contributed by atoms with Gasteiger partial charge in [-0.05, 0) is 25.1 Å². The number of carbonyl (C=O) groups excluding carboxylic acids is 1. The van der Waals surface area contributed by atoms with Crippen molar-refractivity contribution in [3.8, 4) is 11.5 Å². The third-order valence-corrected chi connectivity index (χ3v) is 2.45. The maximum atomic E-state index is 12.2. The third kappa shape index (κ3) is 4.95. The van der Waals surface area contributed by atoms with Gasteiger partial charge in [0.25, 0.3) is 0 Å². The predicted molar refractivity (Wildman–Crippen MR) is 62.5 cm³/mol. The van der Waals surface area contributed by atoms with Crippen molar-refractivity contribution < 1.29 is 36.2 Å². The molecule has 0 aliphatic heterocycles. The summed E-state index contributed by atoms with van der Waals surface area (Å²) in [5.41, 5.74) is -0.0838. The largest absolute Gasteiger partial charge is 0.573 e. The van der Waals surface area contributed by atoms with Gasteiger partial charge in [-0.25, -0.2) is 0 Å². The average Bonchev–Trinajstić information content (AvgIpc) is 2.27. The number of Topliss-reactive ketones (excluding diaryl/α,β-unsaturated/α-hetero) is 1. The van der Waals surface area contributed by atoms with Gasteiger partial charge in [-0.3, -0.25) is 4.79 Å². The van der Waals surface area contributed by atoms with Crippen molar-refractivity contribution in [3.05, 3.63) is 23.8 Å². The highest BCUT2D eigenvalue weighted by Crippen LogP contribution is 2.34. The van der Waals surface area contributed by atoms with Gasteiger partial charge in [0.05, 0.1) is 4.83 Å². The highest BCUT2D eigenvalue weighted by atomic mass is 79.9. The van der Waals surface area contributed by atoms with Crippen molar-refractivity contribution >= 4 is 21.7 Å². The monoisotopic (exact) mass is 362 g/mol. The van der Waals surface area contributed by atoms with Crippen LogP contribution in [0.2, 0.25) is 0 Å². The van der Waals surface area contributed by atoms with Gasteiger partial charge in [-0.1, -0.05) is 15.9 Å². The molecule has 0 N–H and O–H groups in total. The van der Waals surface area contributed by atoms with Gasteiger partial charge >= 0.3 is 13.0 Å². The smallest absolute Gasteiger partial charge is 0.431 e. The summed E-state index contributed by atoms with van der Waals surface area (Å²) in [7, 11) is 0. The summed E-state index contributed by atoms with van der Waals surface area (Å²) >= 11 is 2.97. The SMILES string of the molecule is CC(Br)C(=O)c1ccc(OC(F)(F)F)c(OC(F)F)c1. The first-order chi connectivity index (χ1) is 9.10. The lowest BCUT2D eigenvalue weighted by molar-refractivity contribution is -0.275. The Morgan fingerprint density at radius 3 is 2.30 bits per heavy atom. The second-order valence-electron chi connectivity index (χ2n) is 3.57. The first kappa shape index (κ1) is 16.7. The van der Waals surface area contributed by atoms with E-state index in [-0.39, 0.29) is 5.56 Å². The standard InChI is InChI=1S/C11H8BrF5O3/c1-5(12)9(18)6-2-3-7(20-11(15,16)17)8(4-6)19-10(13)14/h2-5,10H,1H3. The van der Waals surface area contributed by atoms with Crippen molar-refractivity contribution in [2.24, 2.45) is 0 Å². The van der Waals surface area contributed by atoms with Gasteiger partial charge in [0.2, 0.25) is 0 Å². The fraction of sp³-hybridized carbons (Fsp3) is 0.364. The van der Waals surface area contributed by atoms with Crippen LogP contribution in [0.1, 0.15) is 17.3 Å². The van der Waals surface area contributed by atoms with Crippen molar-refractivity contribution in [2.45, 2.75) is 24.7 Å². The lowest BCUT2D eigenvalue weighted by atomic mass is 10.1. The zero-order valence-corrected chi connectivity index (χ0v) is 11.5. The molecule has 0 amide bonds. The Bertz CT molecular complexity index is 487. The average molecular weight is 363 g/mol. The molecular formula is C11H8BrF5O3. The molecule has 1 rings (SSSR count). The molecule has 0 fully saturated rings. The van der Waals surface area contributed by atoms with Crippen molar-refractivity contribution in [1.82, 2.24) is 0 Å². The maximum Gasteiger partial charge on any atom is 0.573 e. The van der Waals surface area contributed by atoms with Crippen LogP contribution in [0.4, 0.5) is 22.0 Å². The summed E-state index contributed by atoms with van der Waals surface area (Å²) in [6.45, 7) is -1.87. The zero-order chi connectivity index (χ0) is 15.5. The van der Waals surface area contributed by atoms with E-state index < -0.39 is 35.1 Å².